The summed E-state index contributed by atoms with van der Waals surface area (Å²) in [6.45, 7) is 2.68. The van der Waals surface area contributed by atoms with Crippen molar-refractivity contribution in [2.24, 2.45) is 11.1 Å². The molecule has 0 aromatic carbocycles. The van der Waals surface area contributed by atoms with Crippen LogP contribution in [0, 0.1) is 11.2 Å². The molecule has 0 aliphatic carbocycles. The molecular weight excluding hydrogens is 303 g/mol. The van der Waals surface area contributed by atoms with Gasteiger partial charge in [-0.3, -0.25) is 9.59 Å². The average Bonchev–Trinajstić information content (AvgIpc) is 2.94. The molecule has 3 heterocycles. The summed E-state index contributed by atoms with van der Waals surface area (Å²) in [6.07, 6.45) is 0.875. The number of fused-ring (bicyclic) bond motifs is 1. The van der Waals surface area contributed by atoms with Gasteiger partial charge in [-0.2, -0.15) is 0 Å². The molecule has 2 aliphatic heterocycles. The second kappa shape index (κ2) is 5.45. The summed E-state index contributed by atoms with van der Waals surface area (Å²) in [6, 6.07) is 1.06. The number of nitrogens with one attached hydrogen (secondary N) is 1. The lowest BCUT2D eigenvalue weighted by molar-refractivity contribution is -0.145. The number of carboxylic acids is 1. The minimum Gasteiger partial charge on any atom is -0.480 e. The molecule has 2 aliphatic rings. The summed E-state index contributed by atoms with van der Waals surface area (Å²) in [4.78, 5) is 30.1. The second-order valence-electron chi connectivity index (χ2n) is 6.11. The highest BCUT2D eigenvalue weighted by Crippen LogP contribution is 2.37. The highest BCUT2D eigenvalue weighted by Gasteiger charge is 2.48. The number of halogens is 1. The molecule has 1 aromatic rings. The van der Waals surface area contributed by atoms with Crippen molar-refractivity contribution < 1.29 is 19.1 Å². The molecule has 0 saturated carbocycles. The molecule has 2 atom stereocenters. The van der Waals surface area contributed by atoms with Crippen LogP contribution in [0.2, 0.25) is 0 Å². The van der Waals surface area contributed by atoms with Gasteiger partial charge in [0.1, 0.15) is 11.2 Å². The fourth-order valence-corrected chi connectivity index (χ4v) is 3.17. The number of aromatic nitrogens is 1. The molecular formula is C15H19FN4O3. The van der Waals surface area contributed by atoms with Crippen LogP contribution in [0.5, 0.6) is 0 Å². The number of carboxylic acid groups (broad SMARTS) is 1. The number of anilines is 2. The Balaban J connectivity index is 2.01. The number of hydrogen-bond donors (Lipinski definition) is 3. The summed E-state index contributed by atoms with van der Waals surface area (Å²) in [5.41, 5.74) is 4.25. The van der Waals surface area contributed by atoms with E-state index >= 15 is 0 Å². The van der Waals surface area contributed by atoms with E-state index in [2.05, 4.69) is 10.3 Å². The molecule has 2 unspecified atom stereocenters. The summed E-state index contributed by atoms with van der Waals surface area (Å²) in [5.74, 6) is -2.06. The van der Waals surface area contributed by atoms with Crippen LogP contribution in [0.25, 0.3) is 0 Å². The Morgan fingerprint density at radius 2 is 2.39 bits per heavy atom. The maximum absolute atomic E-state index is 14.4. The van der Waals surface area contributed by atoms with Crippen molar-refractivity contribution in [1.29, 1.82) is 0 Å². The molecule has 0 amide bonds. The second-order valence-corrected chi connectivity index (χ2v) is 6.11. The fraction of sp³-hybridized carbons (Fsp3) is 0.533. The molecule has 1 aromatic heterocycles. The van der Waals surface area contributed by atoms with Crippen LogP contribution in [0.4, 0.5) is 16.0 Å². The number of hydrogen-bond acceptors (Lipinski definition) is 6. The third-order valence-electron chi connectivity index (χ3n) is 4.73. The number of nitrogens with zero attached hydrogens (tertiary/aromatic N) is 2. The van der Waals surface area contributed by atoms with Crippen LogP contribution in [-0.2, 0) is 4.79 Å². The van der Waals surface area contributed by atoms with Gasteiger partial charge in [0.2, 0.25) is 0 Å². The van der Waals surface area contributed by atoms with E-state index in [1.54, 1.807) is 11.8 Å². The number of carbonyl (C=O) groups excluding carboxylic acids is 1. The smallest absolute Gasteiger partial charge is 0.319 e. The first-order valence-corrected chi connectivity index (χ1v) is 7.62. The Labute approximate surface area is 132 Å². The third-order valence-corrected chi connectivity index (χ3v) is 4.73. The van der Waals surface area contributed by atoms with E-state index in [1.807, 2.05) is 0 Å². The highest BCUT2D eigenvalue weighted by molar-refractivity contribution is 6.16. The number of nitrogens with two attached hydrogens (primary N) is 1. The Hall–Kier alpha value is -2.22. The zero-order valence-corrected chi connectivity index (χ0v) is 12.8. The number of rotatable bonds is 3. The van der Waals surface area contributed by atoms with Crippen LogP contribution in [0.3, 0.4) is 0 Å². The molecule has 8 heteroatoms. The van der Waals surface area contributed by atoms with E-state index < -0.39 is 23.0 Å². The van der Waals surface area contributed by atoms with E-state index in [9.17, 15) is 19.1 Å². The lowest BCUT2D eigenvalue weighted by atomic mass is 9.76. The average molecular weight is 322 g/mol. The molecule has 23 heavy (non-hydrogen) atoms. The minimum atomic E-state index is -1.57. The summed E-state index contributed by atoms with van der Waals surface area (Å²) in [5, 5.41) is 12.3. The number of ketones is 1. The van der Waals surface area contributed by atoms with E-state index in [4.69, 9.17) is 5.73 Å². The molecule has 1 saturated heterocycles. The van der Waals surface area contributed by atoms with Crippen molar-refractivity contribution in [1.82, 2.24) is 4.98 Å². The van der Waals surface area contributed by atoms with Gasteiger partial charge in [0.25, 0.3) is 0 Å². The van der Waals surface area contributed by atoms with Gasteiger partial charge >= 0.3 is 5.97 Å². The van der Waals surface area contributed by atoms with Crippen molar-refractivity contribution >= 4 is 23.4 Å². The maximum Gasteiger partial charge on any atom is 0.319 e. The molecule has 1 fully saturated rings. The first kappa shape index (κ1) is 15.7. The minimum absolute atomic E-state index is 0.00903. The number of pyridine rings is 1. The lowest BCUT2D eigenvalue weighted by Crippen LogP contribution is -2.48. The van der Waals surface area contributed by atoms with Crippen molar-refractivity contribution in [2.75, 3.05) is 29.9 Å². The van der Waals surface area contributed by atoms with Gasteiger partial charge in [-0.05, 0) is 18.9 Å². The van der Waals surface area contributed by atoms with Gasteiger partial charge < -0.3 is 21.1 Å². The predicted molar refractivity (Wildman–Crippen MR) is 82.2 cm³/mol. The van der Waals surface area contributed by atoms with Gasteiger partial charge in [-0.1, -0.05) is 6.92 Å². The van der Waals surface area contributed by atoms with E-state index in [-0.39, 0.29) is 36.2 Å². The summed E-state index contributed by atoms with van der Waals surface area (Å²) >= 11 is 0. The number of Topliss-reactive ketones (excluding diaryl/α,β-unsaturated/α-hetero) is 1. The van der Waals surface area contributed by atoms with Gasteiger partial charge in [-0.15, -0.1) is 0 Å². The largest absolute Gasteiger partial charge is 0.480 e. The molecule has 0 spiro atoms. The summed E-state index contributed by atoms with van der Waals surface area (Å²) in [7, 11) is 0. The molecule has 7 nitrogen and oxygen atoms in total. The Morgan fingerprint density at radius 1 is 1.65 bits per heavy atom. The van der Waals surface area contributed by atoms with Gasteiger partial charge in [0.05, 0.1) is 5.56 Å². The molecule has 4 N–H and O–H groups in total. The van der Waals surface area contributed by atoms with Crippen molar-refractivity contribution in [3.8, 4) is 0 Å². The normalized spacial score (nSPS) is 26.8. The van der Waals surface area contributed by atoms with Crippen molar-refractivity contribution in [3.63, 3.8) is 0 Å². The van der Waals surface area contributed by atoms with Crippen LogP contribution in [0.1, 0.15) is 30.1 Å². The molecule has 124 valence electrons. The standard InChI is InChI=1S/C15H19FN4O3/c1-2-15(14(22)23)7-18-12-9(11(15)21)5-10(16)13(19-12)20-4-3-8(17)6-20/h5,8H,2-4,6-7,17H2,1H3,(H,18,19)(H,22,23). The Morgan fingerprint density at radius 3 is 2.96 bits per heavy atom. The number of aliphatic carboxylic acids is 1. The maximum atomic E-state index is 14.4. The van der Waals surface area contributed by atoms with Gasteiger partial charge in [0, 0.05) is 25.7 Å². The van der Waals surface area contributed by atoms with Gasteiger partial charge in [-0.25, -0.2) is 9.37 Å². The van der Waals surface area contributed by atoms with Crippen LogP contribution in [0.15, 0.2) is 6.07 Å². The molecule has 0 radical (unpaired) electrons. The molecule has 3 rings (SSSR count). The van der Waals surface area contributed by atoms with E-state index in [0.29, 0.717) is 13.1 Å². The quantitative estimate of drug-likeness (QED) is 0.708. The third kappa shape index (κ3) is 2.33. The van der Waals surface area contributed by atoms with Crippen LogP contribution >= 0.6 is 0 Å². The highest BCUT2D eigenvalue weighted by atomic mass is 19.1. The predicted octanol–water partition coefficient (Wildman–Crippen LogP) is 0.847. The van der Waals surface area contributed by atoms with Gasteiger partial charge in [0.15, 0.2) is 17.4 Å². The first-order chi connectivity index (χ1) is 10.9. The first-order valence-electron chi connectivity index (χ1n) is 7.62. The number of carbonyl (C=O) groups is 2. The molecule has 0 bridgehead atoms. The Bertz CT molecular complexity index is 681. The lowest BCUT2D eigenvalue weighted by Gasteiger charge is -2.33. The van der Waals surface area contributed by atoms with Crippen molar-refractivity contribution in [3.05, 3.63) is 17.4 Å². The zero-order valence-electron chi connectivity index (χ0n) is 12.8. The fourth-order valence-electron chi connectivity index (χ4n) is 3.17. The van der Waals surface area contributed by atoms with Crippen molar-refractivity contribution in [2.45, 2.75) is 25.8 Å². The van der Waals surface area contributed by atoms with Crippen LogP contribution in [-0.4, -0.2) is 47.5 Å². The SMILES string of the molecule is CCC1(C(=O)O)CNc2nc(N3CCC(N)C3)c(F)cc2C1=O. The van der Waals surface area contributed by atoms with E-state index in [0.717, 1.165) is 12.5 Å². The van der Waals surface area contributed by atoms with E-state index in [1.165, 1.54) is 0 Å². The topological polar surface area (TPSA) is 109 Å². The zero-order chi connectivity index (χ0) is 16.8. The summed E-state index contributed by atoms with van der Waals surface area (Å²) < 4.78 is 14.4. The van der Waals surface area contributed by atoms with Crippen LogP contribution < -0.4 is 16.0 Å². The monoisotopic (exact) mass is 322 g/mol. The Kier molecular flexibility index (Phi) is 3.71.